The van der Waals surface area contributed by atoms with Gasteiger partial charge in [0.2, 0.25) is 0 Å². The van der Waals surface area contributed by atoms with E-state index < -0.39 is 10.9 Å². The number of nitrogens with one attached hydrogen (secondary N) is 1. The normalized spacial score (nSPS) is 14.3. The molecule has 0 aromatic heterocycles. The van der Waals surface area contributed by atoms with Gasteiger partial charge in [-0.2, -0.15) is 0 Å². The molecule has 398 valence electrons. The molecule has 0 aliphatic carbocycles. The van der Waals surface area contributed by atoms with Gasteiger partial charge >= 0.3 is 5.97 Å². The molecule has 10 N–H and O–H groups in total. The van der Waals surface area contributed by atoms with Crippen molar-refractivity contribution in [2.45, 2.75) is 64.7 Å². The van der Waals surface area contributed by atoms with E-state index in [2.05, 4.69) is 31.8 Å². The number of aromatic carboxylic acids is 1. The number of carbonyl (C=O) groups is 2. The Labute approximate surface area is 443 Å². The van der Waals surface area contributed by atoms with Crippen molar-refractivity contribution in [2.75, 3.05) is 95.4 Å². The number of nitrogen functional groups attached to an aromatic ring is 4. The van der Waals surface area contributed by atoms with Gasteiger partial charge in [0.15, 0.2) is 0 Å². The molecule has 0 saturated carbocycles. The summed E-state index contributed by atoms with van der Waals surface area (Å²) < 4.78 is 19.5. The molecule has 0 unspecified atom stereocenters. The molecule has 17 nitrogen and oxygen atoms in total. The third kappa shape index (κ3) is 11.9. The number of carboxylic acids is 1. The fourth-order valence-electron chi connectivity index (χ4n) is 10.6. The van der Waals surface area contributed by atoms with Crippen LogP contribution in [-0.4, -0.2) is 94.4 Å². The Bertz CT molecular complexity index is 3230. The van der Waals surface area contributed by atoms with Crippen LogP contribution in [0.4, 0.5) is 34.1 Å². The van der Waals surface area contributed by atoms with Gasteiger partial charge in [-0.1, -0.05) is 46.2 Å². The highest BCUT2D eigenvalue weighted by atomic mass is 16.6. The van der Waals surface area contributed by atoms with Crippen molar-refractivity contribution in [3.05, 3.63) is 162 Å². The van der Waals surface area contributed by atoms with Crippen LogP contribution in [0.2, 0.25) is 0 Å². The van der Waals surface area contributed by atoms with Crippen LogP contribution in [0.15, 0.2) is 84.9 Å². The lowest BCUT2D eigenvalue weighted by atomic mass is 9.81. The van der Waals surface area contributed by atoms with E-state index in [9.17, 15) is 24.8 Å². The van der Waals surface area contributed by atoms with Crippen LogP contribution >= 0.6 is 0 Å². The molecule has 6 aromatic rings. The van der Waals surface area contributed by atoms with E-state index in [4.69, 9.17) is 37.1 Å². The molecular weight excluding hydrogens is 963 g/mol. The molecule has 1 amide bonds. The highest BCUT2D eigenvalue weighted by Gasteiger charge is 2.33. The molecule has 11 rings (SSSR count). The Hall–Kier alpha value is -8.31. The number of rotatable bonds is 10. The van der Waals surface area contributed by atoms with Crippen LogP contribution in [0, 0.1) is 23.1 Å². The van der Waals surface area contributed by atoms with Gasteiger partial charge in [0, 0.05) is 84.9 Å². The van der Waals surface area contributed by atoms with Crippen molar-refractivity contribution in [3.63, 3.8) is 0 Å². The van der Waals surface area contributed by atoms with Crippen LogP contribution in [0.1, 0.15) is 91.8 Å². The fraction of sp³-hybridized carbons (Fsp3) is 0.339. The summed E-state index contributed by atoms with van der Waals surface area (Å²) >= 11 is 0. The van der Waals surface area contributed by atoms with Gasteiger partial charge in [-0.3, -0.25) is 19.5 Å². The summed E-state index contributed by atoms with van der Waals surface area (Å²) in [4.78, 5) is 40.6. The van der Waals surface area contributed by atoms with Gasteiger partial charge in [-0.25, -0.2) is 4.79 Å². The number of nitro benzene ring substituents is 1. The van der Waals surface area contributed by atoms with Crippen LogP contribution < -0.4 is 62.5 Å². The number of fused-ring (bicyclic) bond motifs is 4. The number of hydrogen-bond donors (Lipinski definition) is 6. The fourth-order valence-corrected chi connectivity index (χ4v) is 10.6. The first-order valence-electron chi connectivity index (χ1n) is 25.8. The largest absolute Gasteiger partial charge is 0.501 e. The van der Waals surface area contributed by atoms with E-state index in [-0.39, 0.29) is 17.2 Å². The second-order valence-corrected chi connectivity index (χ2v) is 19.8. The van der Waals surface area contributed by atoms with E-state index in [1.165, 1.54) is 77.3 Å². The molecule has 0 radical (unpaired) electrons. The number of nitrogens with two attached hydrogens (primary N) is 4. The number of non-ortho nitro benzene ring substituents is 1. The topological polar surface area (TPSA) is 251 Å². The number of ether oxygens (including phenoxy) is 3. The lowest BCUT2D eigenvalue weighted by Gasteiger charge is -2.41. The van der Waals surface area contributed by atoms with Crippen molar-refractivity contribution < 1.29 is 33.8 Å². The summed E-state index contributed by atoms with van der Waals surface area (Å²) in [6.07, 6.45) is 8.91. The summed E-state index contributed by atoms with van der Waals surface area (Å²) in [6, 6.07) is 27.9. The molecule has 5 aliphatic heterocycles. The van der Waals surface area contributed by atoms with Gasteiger partial charge in [-0.05, 0) is 131 Å². The smallest absolute Gasteiger partial charge is 0.335 e. The number of aryl methyl sites for hydroxylation is 3. The minimum Gasteiger partial charge on any atom is -0.501 e. The van der Waals surface area contributed by atoms with Gasteiger partial charge < -0.3 is 57.4 Å². The minimum absolute atomic E-state index is 0.0641. The summed E-state index contributed by atoms with van der Waals surface area (Å²) in [5.41, 5.74) is 34.9. The zero-order valence-corrected chi connectivity index (χ0v) is 44.1. The van der Waals surface area contributed by atoms with E-state index in [0.717, 1.165) is 124 Å². The lowest BCUT2D eigenvalue weighted by molar-refractivity contribution is -0.384. The van der Waals surface area contributed by atoms with Gasteiger partial charge in [0.25, 0.3) is 11.6 Å². The third-order valence-electron chi connectivity index (χ3n) is 14.2. The monoisotopic (exact) mass is 1030 g/mol. The maximum absolute atomic E-state index is 13.4. The highest BCUT2D eigenvalue weighted by Crippen LogP contribution is 2.49. The maximum Gasteiger partial charge on any atom is 0.335 e. The molecule has 6 aromatic carbocycles. The number of hydrogen-bond acceptors (Lipinski definition) is 13. The molecule has 76 heavy (non-hydrogen) atoms. The number of amides is 1. The highest BCUT2D eigenvalue weighted by molar-refractivity contribution is 6.02. The van der Waals surface area contributed by atoms with E-state index in [1.54, 1.807) is 30.3 Å². The summed E-state index contributed by atoms with van der Waals surface area (Å²) in [7, 11) is 7.11. The Morgan fingerprint density at radius 1 is 0.803 bits per heavy atom. The number of nitro groups is 1. The average Bonchev–Trinajstić information content (AvgIpc) is 3.47. The molecule has 5 heterocycles. The lowest BCUT2D eigenvalue weighted by Crippen LogP contribution is -2.45. The number of carboxylic acid groups (broad SMARTS) is 1. The van der Waals surface area contributed by atoms with E-state index in [0.29, 0.717) is 46.2 Å². The second kappa shape index (κ2) is 23.9. The van der Waals surface area contributed by atoms with Gasteiger partial charge in [-0.15, -0.1) is 6.07 Å². The Morgan fingerprint density at radius 3 is 2.03 bits per heavy atom. The zero-order valence-electron chi connectivity index (χ0n) is 44.1. The minimum atomic E-state index is -1.01. The van der Waals surface area contributed by atoms with Crippen molar-refractivity contribution in [3.8, 4) is 23.0 Å². The number of benzene rings is 6. The standard InChI is InChI=1S/C38H42N4O4.C8H12N2O2.C7H9N.C6H6N2O2/c1-40(2)15-7-14-39-37(43)25-12-13-26(38(44)45)29(22-25)32-30-20-23-8-3-16-41-18-5-10-27(33(23)41)35(30)46-36-28-11-6-19-42-17-4-9-24(34(28)42)21-31(32)36;1-11-7-3-6(10)8(12-2)4-5(7)9;1-6-2-4-7(8)5-3-6;7-5-1-3-6(4-2-5)8(9)10/h12-13,20,22H,3-11,14-19H2,1-2H3,(H,39,43)(H,44,45);3-4H,9-10H2,1-2H3;2-5H,8H2,1H3;1-4H,7H2. The summed E-state index contributed by atoms with van der Waals surface area (Å²) in [5, 5.41) is 25.8. The first-order valence-corrected chi connectivity index (χ1v) is 25.8. The Kier molecular flexibility index (Phi) is 17.0. The molecule has 5 aliphatic rings. The van der Waals surface area contributed by atoms with Gasteiger partial charge in [0.1, 0.15) is 35.7 Å². The number of methoxy groups -OCH3 is 2. The van der Waals surface area contributed by atoms with Crippen molar-refractivity contribution >= 4 is 51.6 Å². The van der Waals surface area contributed by atoms with Gasteiger partial charge in [0.05, 0.1) is 41.8 Å². The molecule has 17 heteroatoms. The molecular formula is C59H69N9O8. The molecule has 0 atom stereocenters. The summed E-state index contributed by atoms with van der Waals surface area (Å²) in [6.45, 7) is 7.67. The number of anilines is 5. The van der Waals surface area contributed by atoms with Crippen molar-refractivity contribution in [2.24, 2.45) is 0 Å². The maximum atomic E-state index is 13.4. The molecule has 0 bridgehead atoms. The average molecular weight is 1030 g/mol. The molecule has 0 fully saturated rings. The predicted molar refractivity (Wildman–Crippen MR) is 300 cm³/mol. The van der Waals surface area contributed by atoms with Crippen LogP contribution in [0.3, 0.4) is 0 Å². The Morgan fingerprint density at radius 2 is 1.42 bits per heavy atom. The molecule has 0 saturated heterocycles. The predicted octanol–water partition coefficient (Wildman–Crippen LogP) is 6.92. The van der Waals surface area contributed by atoms with Crippen LogP contribution in [0.5, 0.6) is 23.0 Å². The zero-order chi connectivity index (χ0) is 54.2. The SMILES string of the molecule is CN(C)CCCNC(=O)c1ccc(C(=O)O)c(C2=c3[c-]c4c5c(c3Oc3c2cc2c6c3CCCN6CCC2)CCC[N+]=5CCC4)c1.COc1cc(N)c(OC)cc1N.Cc1ccc(N)cc1.Nc1ccc([N+](=O)[O-])cc1. The van der Waals surface area contributed by atoms with E-state index in [1.807, 2.05) is 45.3 Å². The third-order valence-corrected chi connectivity index (χ3v) is 14.2. The van der Waals surface area contributed by atoms with E-state index >= 15 is 0 Å². The first kappa shape index (κ1) is 54.0. The van der Waals surface area contributed by atoms with Crippen molar-refractivity contribution in [1.82, 2.24) is 14.8 Å². The summed E-state index contributed by atoms with van der Waals surface area (Å²) in [5.74, 6) is 1.61. The number of carbonyl (C=O) groups excluding carboxylic acids is 1. The Balaban J connectivity index is 0.000000205. The second-order valence-electron chi connectivity index (χ2n) is 19.8. The first-order chi connectivity index (χ1) is 36.6. The van der Waals surface area contributed by atoms with Crippen molar-refractivity contribution in [1.29, 1.82) is 0 Å². The number of nitrogens with zero attached hydrogens (tertiary/aromatic N) is 4. The van der Waals surface area contributed by atoms with Crippen LogP contribution in [0.25, 0.3) is 5.57 Å². The van der Waals surface area contributed by atoms with Crippen LogP contribution in [-0.2, 0) is 25.7 Å². The quantitative estimate of drug-likeness (QED) is 0.0203. The molecule has 0 spiro atoms.